The topological polar surface area (TPSA) is 9.23 Å². The first-order chi connectivity index (χ1) is 17.4. The molecule has 4 rings (SSSR count). The first-order valence-corrected chi connectivity index (χ1v) is 15.0. The second-order valence-electron chi connectivity index (χ2n) is 9.62. The van der Waals surface area contributed by atoms with Gasteiger partial charge >= 0.3 is 0 Å². The Bertz CT molecular complexity index is 1060. The summed E-state index contributed by atoms with van der Waals surface area (Å²) in [5.41, 5.74) is -0.235. The summed E-state index contributed by atoms with van der Waals surface area (Å²) in [6.07, 6.45) is 10.4. The van der Waals surface area contributed by atoms with Gasteiger partial charge in [0.2, 0.25) is 5.82 Å². The van der Waals surface area contributed by atoms with Crippen LogP contribution in [0.2, 0.25) is 0 Å². The zero-order chi connectivity index (χ0) is 25.7. The Morgan fingerprint density at radius 1 is 0.833 bits per heavy atom. The molecule has 2 aromatic rings. The molecule has 0 amide bonds. The average molecular weight is 539 g/mol. The number of allylic oxidation sites excluding steroid dienone is 2. The highest BCUT2D eigenvalue weighted by molar-refractivity contribution is 8.17. The molecule has 0 bridgehead atoms. The summed E-state index contributed by atoms with van der Waals surface area (Å²) >= 11 is 4.15. The van der Waals surface area contributed by atoms with Crippen molar-refractivity contribution >= 4 is 23.5 Å². The van der Waals surface area contributed by atoms with Gasteiger partial charge in [-0.15, -0.1) is 23.5 Å². The molecule has 0 unspecified atom stereocenters. The Balaban J connectivity index is 1.39. The van der Waals surface area contributed by atoms with Crippen LogP contribution in [0, 0.1) is 35.1 Å². The van der Waals surface area contributed by atoms with Gasteiger partial charge < -0.3 is 4.74 Å². The normalized spacial score (nSPS) is 24.8. The molecule has 36 heavy (non-hydrogen) atoms. The number of thioether (sulfide) groups is 2. The molecule has 7 heteroatoms. The largest absolute Gasteiger partial charge is 0.491 e. The lowest BCUT2D eigenvalue weighted by molar-refractivity contribution is 0.261. The number of ether oxygens (including phenoxy) is 1. The zero-order valence-electron chi connectivity index (χ0n) is 20.9. The van der Waals surface area contributed by atoms with Gasteiger partial charge in [-0.25, -0.2) is 13.2 Å². The lowest BCUT2D eigenvalue weighted by Crippen LogP contribution is -2.28. The van der Waals surface area contributed by atoms with Crippen molar-refractivity contribution in [3.63, 3.8) is 0 Å². The summed E-state index contributed by atoms with van der Waals surface area (Å²) in [6.45, 7) is 3.89. The second kappa shape index (κ2) is 12.8. The predicted molar refractivity (Wildman–Crippen MR) is 144 cm³/mol. The monoisotopic (exact) mass is 538 g/mol. The molecule has 2 aromatic carbocycles. The Morgan fingerprint density at radius 2 is 1.47 bits per heavy atom. The summed E-state index contributed by atoms with van der Waals surface area (Å²) < 4.78 is 64.9. The number of hydrogen-bond donors (Lipinski definition) is 0. The van der Waals surface area contributed by atoms with Crippen LogP contribution in [-0.4, -0.2) is 22.7 Å². The Kier molecular flexibility index (Phi) is 9.73. The standard InChI is InChI=1S/C29H34F4OS2/c1-3-5-6-7-25-35-16-20(17-36-25)18-8-10-19(11-9-18)21-12-13-22(27(31)26(21)30)23-14-15-24(34-4-2)29(33)28(23)32/h3,5,12-15,18-20,25H,4,6-11,16-17H2,1-2H3/b5-3+. The van der Waals surface area contributed by atoms with Gasteiger partial charge in [-0.3, -0.25) is 0 Å². The van der Waals surface area contributed by atoms with E-state index >= 15 is 8.78 Å². The summed E-state index contributed by atoms with van der Waals surface area (Å²) in [5.74, 6) is -1.12. The van der Waals surface area contributed by atoms with Crippen molar-refractivity contribution in [2.24, 2.45) is 11.8 Å². The molecule has 0 aromatic heterocycles. The van der Waals surface area contributed by atoms with Gasteiger partial charge in [0.25, 0.3) is 0 Å². The Morgan fingerprint density at radius 3 is 2.11 bits per heavy atom. The van der Waals surface area contributed by atoms with Gasteiger partial charge in [-0.2, -0.15) is 4.39 Å². The van der Waals surface area contributed by atoms with E-state index in [-0.39, 0.29) is 29.4 Å². The third kappa shape index (κ3) is 6.09. The summed E-state index contributed by atoms with van der Waals surface area (Å²) in [5, 5.41) is 0. The Labute approximate surface area is 220 Å². The van der Waals surface area contributed by atoms with Gasteiger partial charge in [-0.05, 0) is 99.3 Å². The van der Waals surface area contributed by atoms with Crippen LogP contribution in [0.15, 0.2) is 36.4 Å². The molecule has 1 heterocycles. The maximum atomic E-state index is 15.2. The molecule has 1 saturated heterocycles. The van der Waals surface area contributed by atoms with E-state index in [1.807, 2.05) is 0 Å². The predicted octanol–water partition coefficient (Wildman–Crippen LogP) is 9.36. The number of hydrogen-bond acceptors (Lipinski definition) is 3. The fraction of sp³-hybridized carbons (Fsp3) is 0.517. The van der Waals surface area contributed by atoms with Crippen LogP contribution >= 0.6 is 23.5 Å². The van der Waals surface area contributed by atoms with Crippen molar-refractivity contribution in [1.29, 1.82) is 0 Å². The first kappa shape index (κ1) is 27.4. The fourth-order valence-corrected chi connectivity index (χ4v) is 8.71. The van der Waals surface area contributed by atoms with Crippen molar-refractivity contribution in [3.8, 4) is 16.9 Å². The van der Waals surface area contributed by atoms with Crippen LogP contribution in [-0.2, 0) is 0 Å². The van der Waals surface area contributed by atoms with Crippen molar-refractivity contribution in [1.82, 2.24) is 0 Å². The minimum Gasteiger partial charge on any atom is -0.491 e. The van der Waals surface area contributed by atoms with Crippen LogP contribution in [0.3, 0.4) is 0 Å². The van der Waals surface area contributed by atoms with E-state index in [0.29, 0.717) is 22.0 Å². The third-order valence-electron chi connectivity index (χ3n) is 7.42. The smallest absolute Gasteiger partial charge is 0.201 e. The second-order valence-corrected chi connectivity index (χ2v) is 12.4. The van der Waals surface area contributed by atoms with E-state index in [1.54, 1.807) is 13.0 Å². The quantitative estimate of drug-likeness (QED) is 0.245. The van der Waals surface area contributed by atoms with Crippen molar-refractivity contribution in [2.75, 3.05) is 18.1 Å². The molecular formula is C29H34F4OS2. The lowest BCUT2D eigenvalue weighted by atomic mass is 9.74. The van der Waals surface area contributed by atoms with Crippen LogP contribution in [0.25, 0.3) is 11.1 Å². The van der Waals surface area contributed by atoms with Gasteiger partial charge in [0, 0.05) is 11.1 Å². The number of benzene rings is 2. The highest BCUT2D eigenvalue weighted by Gasteiger charge is 2.33. The molecular weight excluding hydrogens is 504 g/mol. The van der Waals surface area contributed by atoms with Crippen LogP contribution < -0.4 is 4.74 Å². The van der Waals surface area contributed by atoms with Crippen LogP contribution in [0.4, 0.5) is 17.6 Å². The molecule has 0 radical (unpaired) electrons. The molecule has 1 aliphatic carbocycles. The highest BCUT2D eigenvalue weighted by atomic mass is 32.2. The first-order valence-electron chi connectivity index (χ1n) is 12.9. The maximum Gasteiger partial charge on any atom is 0.201 e. The fourth-order valence-electron chi connectivity index (χ4n) is 5.39. The summed E-state index contributed by atoms with van der Waals surface area (Å²) in [6, 6.07) is 5.40. The van der Waals surface area contributed by atoms with Gasteiger partial charge in [0.15, 0.2) is 23.2 Å². The van der Waals surface area contributed by atoms with E-state index in [0.717, 1.165) is 32.1 Å². The van der Waals surface area contributed by atoms with Gasteiger partial charge in [0.05, 0.1) is 11.2 Å². The third-order valence-corrected chi connectivity index (χ3v) is 10.7. The van der Waals surface area contributed by atoms with E-state index in [9.17, 15) is 8.78 Å². The summed E-state index contributed by atoms with van der Waals surface area (Å²) in [7, 11) is 0. The van der Waals surface area contributed by atoms with Crippen LogP contribution in [0.5, 0.6) is 5.75 Å². The van der Waals surface area contributed by atoms with Crippen molar-refractivity contribution in [2.45, 2.75) is 62.9 Å². The Hall–Kier alpha value is -1.60. The molecule has 0 N–H and O–H groups in total. The molecule has 1 aliphatic heterocycles. The minimum atomic E-state index is -1.24. The number of halogens is 4. The molecule has 0 spiro atoms. The van der Waals surface area contributed by atoms with E-state index in [2.05, 4.69) is 42.6 Å². The molecule has 1 nitrogen and oxygen atoms in total. The van der Waals surface area contributed by atoms with Crippen molar-refractivity contribution < 1.29 is 22.3 Å². The number of rotatable bonds is 8. The van der Waals surface area contributed by atoms with Crippen molar-refractivity contribution in [3.05, 3.63) is 65.2 Å². The summed E-state index contributed by atoms with van der Waals surface area (Å²) in [4.78, 5) is 0. The van der Waals surface area contributed by atoms with Gasteiger partial charge in [-0.1, -0.05) is 24.3 Å². The zero-order valence-corrected chi connectivity index (χ0v) is 22.5. The maximum absolute atomic E-state index is 15.2. The van der Waals surface area contributed by atoms with E-state index in [1.165, 1.54) is 36.1 Å². The minimum absolute atomic E-state index is 0.0517. The van der Waals surface area contributed by atoms with Crippen LogP contribution in [0.1, 0.15) is 63.9 Å². The molecule has 2 fully saturated rings. The highest BCUT2D eigenvalue weighted by Crippen LogP contribution is 2.46. The molecule has 1 saturated carbocycles. The molecule has 2 aliphatic rings. The SMILES string of the molecule is C/C=C/CCC1SCC(C2CCC(c3ccc(-c4ccc(OCC)c(F)c4F)c(F)c3F)CC2)CS1. The van der Waals surface area contributed by atoms with Gasteiger partial charge in [0.1, 0.15) is 0 Å². The van der Waals surface area contributed by atoms with E-state index < -0.39 is 23.3 Å². The molecule has 196 valence electrons. The lowest BCUT2D eigenvalue weighted by Gasteiger charge is -2.37. The molecule has 0 atom stereocenters. The van der Waals surface area contributed by atoms with E-state index in [4.69, 9.17) is 4.74 Å². The average Bonchev–Trinajstić information content (AvgIpc) is 2.90.